The number of oxime groups is 1. The first-order valence-corrected chi connectivity index (χ1v) is 8.70. The van der Waals surface area contributed by atoms with Crippen LogP contribution in [-0.2, 0) is 16.6 Å². The van der Waals surface area contributed by atoms with Gasteiger partial charge in [-0.1, -0.05) is 17.3 Å². The number of benzene rings is 1. The van der Waals surface area contributed by atoms with E-state index in [-0.39, 0.29) is 28.8 Å². The van der Waals surface area contributed by atoms with E-state index >= 15 is 0 Å². The molecule has 0 spiro atoms. The summed E-state index contributed by atoms with van der Waals surface area (Å²) in [5, 5.41) is 12.5. The molecule has 1 unspecified atom stereocenters. The van der Waals surface area contributed by atoms with E-state index in [1.54, 1.807) is 0 Å². The van der Waals surface area contributed by atoms with Crippen molar-refractivity contribution in [3.63, 3.8) is 0 Å². The largest absolute Gasteiger partial charge is 0.478 e. The minimum Gasteiger partial charge on any atom is -0.478 e. The Kier molecular flexibility index (Phi) is 5.64. The monoisotopic (exact) mass is 468 g/mol. The van der Waals surface area contributed by atoms with Crippen LogP contribution in [0.1, 0.15) is 51.3 Å². The number of nitrogens with zero attached hydrogens (tertiary/aromatic N) is 2. The summed E-state index contributed by atoms with van der Waals surface area (Å²) in [6, 6.07) is 3.62. The van der Waals surface area contributed by atoms with Crippen LogP contribution in [-0.4, -0.2) is 27.9 Å². The lowest BCUT2D eigenvalue weighted by Crippen LogP contribution is -2.43. The third-order valence-electron chi connectivity index (χ3n) is 4.87. The second-order valence-corrected chi connectivity index (χ2v) is 6.88. The number of aromatic carboxylic acids is 1. The predicted molar refractivity (Wildman–Crippen MR) is 92.3 cm³/mol. The first kappa shape index (κ1) is 23.4. The number of rotatable bonds is 4. The van der Waals surface area contributed by atoms with Gasteiger partial charge >= 0.3 is 18.3 Å². The highest BCUT2D eigenvalue weighted by molar-refractivity contribution is 6.05. The number of hydrogen-bond acceptors (Lipinski definition) is 4. The molecule has 0 aliphatic carbocycles. The maximum absolute atomic E-state index is 14.1. The lowest BCUT2D eigenvalue weighted by Gasteiger charge is -2.29. The van der Waals surface area contributed by atoms with Crippen molar-refractivity contribution in [3.8, 4) is 0 Å². The van der Waals surface area contributed by atoms with Crippen molar-refractivity contribution in [3.05, 3.63) is 64.0 Å². The third-order valence-corrected chi connectivity index (χ3v) is 4.87. The van der Waals surface area contributed by atoms with E-state index in [4.69, 9.17) is 0 Å². The van der Waals surface area contributed by atoms with Crippen LogP contribution in [0.5, 0.6) is 0 Å². The average molecular weight is 468 g/mol. The number of pyridine rings is 1. The summed E-state index contributed by atoms with van der Waals surface area (Å²) in [6.45, 7) is 1.30. The molecule has 5 nitrogen and oxygen atoms in total. The van der Waals surface area contributed by atoms with Crippen molar-refractivity contribution < 1.29 is 49.9 Å². The van der Waals surface area contributed by atoms with E-state index in [1.807, 2.05) is 0 Å². The van der Waals surface area contributed by atoms with Crippen molar-refractivity contribution in [2.45, 2.75) is 37.7 Å². The molecule has 2 heterocycles. The third kappa shape index (κ3) is 3.98. The number of carboxylic acid groups (broad SMARTS) is 1. The van der Waals surface area contributed by atoms with Gasteiger partial charge < -0.3 is 9.94 Å². The standard InChI is InChI=1S/C19H12F8N2O3/c1-8-10(3-2-4-11(8)16(30)31)13-7-17(32-29-13,19(25,26)27)14-6-9(18(22,23)24)5-12(28-14)15(20)21/h2-6,15H,7H2,1H3,(H,30,31). The molecule has 0 saturated heterocycles. The first-order chi connectivity index (χ1) is 14.7. The van der Waals surface area contributed by atoms with Gasteiger partial charge in [0.25, 0.3) is 12.0 Å². The molecule has 2 aromatic rings. The second-order valence-electron chi connectivity index (χ2n) is 6.88. The molecular weight excluding hydrogens is 456 g/mol. The number of alkyl halides is 8. The Bertz CT molecular complexity index is 1090. The molecule has 1 aliphatic rings. The van der Waals surface area contributed by atoms with Crippen LogP contribution in [0.3, 0.4) is 0 Å². The van der Waals surface area contributed by atoms with Gasteiger partial charge in [0.15, 0.2) is 0 Å². The fourth-order valence-electron chi connectivity index (χ4n) is 3.23. The lowest BCUT2D eigenvalue weighted by atomic mass is 9.87. The zero-order valence-electron chi connectivity index (χ0n) is 15.9. The Hall–Kier alpha value is -3.25. The van der Waals surface area contributed by atoms with E-state index in [1.165, 1.54) is 25.1 Å². The molecular formula is C19H12F8N2O3. The molecule has 1 N–H and O–H groups in total. The summed E-state index contributed by atoms with van der Waals surface area (Å²) in [6.07, 6.45) is -15.4. The number of halogens is 8. The topological polar surface area (TPSA) is 71.8 Å². The van der Waals surface area contributed by atoms with Crippen molar-refractivity contribution in [1.82, 2.24) is 4.98 Å². The van der Waals surface area contributed by atoms with Gasteiger partial charge in [-0.05, 0) is 30.7 Å². The summed E-state index contributed by atoms with van der Waals surface area (Å²) in [5.74, 6) is -1.37. The van der Waals surface area contributed by atoms with E-state index < -0.39 is 59.4 Å². The molecule has 0 radical (unpaired) electrons. The van der Waals surface area contributed by atoms with Crippen LogP contribution in [0.4, 0.5) is 35.1 Å². The SMILES string of the molecule is Cc1c(C(=O)O)cccc1C1=NOC(c2cc(C(F)(F)F)cc(C(F)F)n2)(C(F)(F)F)C1. The van der Waals surface area contributed by atoms with Crippen LogP contribution in [0.2, 0.25) is 0 Å². The smallest absolute Gasteiger partial charge is 0.437 e. The first-order valence-electron chi connectivity index (χ1n) is 8.70. The molecule has 0 amide bonds. The molecule has 1 aromatic heterocycles. The van der Waals surface area contributed by atoms with Crippen LogP contribution < -0.4 is 0 Å². The van der Waals surface area contributed by atoms with Gasteiger partial charge in [0, 0.05) is 5.56 Å². The Morgan fingerprint density at radius 3 is 2.34 bits per heavy atom. The van der Waals surface area contributed by atoms with Crippen molar-refractivity contribution in [2.75, 3.05) is 0 Å². The Labute approximate surface area is 174 Å². The molecule has 3 rings (SSSR count). The predicted octanol–water partition coefficient (Wildman–Crippen LogP) is 5.63. The van der Waals surface area contributed by atoms with Gasteiger partial charge in [0.05, 0.1) is 29.0 Å². The van der Waals surface area contributed by atoms with Crippen molar-refractivity contribution in [1.29, 1.82) is 0 Å². The second kappa shape index (κ2) is 7.71. The number of carbonyl (C=O) groups is 1. The zero-order valence-corrected chi connectivity index (χ0v) is 15.9. The zero-order chi connectivity index (χ0) is 24.1. The van der Waals surface area contributed by atoms with E-state index in [9.17, 15) is 45.0 Å². The highest BCUT2D eigenvalue weighted by atomic mass is 19.4. The minimum absolute atomic E-state index is 0.0155. The van der Waals surface area contributed by atoms with E-state index in [0.29, 0.717) is 0 Å². The highest BCUT2D eigenvalue weighted by Gasteiger charge is 2.64. The molecule has 0 fully saturated rings. The lowest BCUT2D eigenvalue weighted by molar-refractivity contribution is -0.277. The maximum atomic E-state index is 14.1. The number of carboxylic acids is 1. The van der Waals surface area contributed by atoms with Gasteiger partial charge in [-0.15, -0.1) is 0 Å². The number of aromatic nitrogens is 1. The van der Waals surface area contributed by atoms with Gasteiger partial charge in [0.1, 0.15) is 5.69 Å². The summed E-state index contributed by atoms with van der Waals surface area (Å²) < 4.78 is 108. The highest BCUT2D eigenvalue weighted by Crippen LogP contribution is 2.49. The van der Waals surface area contributed by atoms with Gasteiger partial charge in [-0.25, -0.2) is 18.6 Å². The fourth-order valence-corrected chi connectivity index (χ4v) is 3.23. The molecule has 13 heteroatoms. The van der Waals surface area contributed by atoms with E-state index in [0.717, 1.165) is 0 Å². The fraction of sp³-hybridized carbons (Fsp3) is 0.316. The Morgan fingerprint density at radius 2 is 1.81 bits per heavy atom. The van der Waals surface area contributed by atoms with Crippen LogP contribution in [0, 0.1) is 6.92 Å². The molecule has 0 saturated carbocycles. The molecule has 32 heavy (non-hydrogen) atoms. The normalized spacial score (nSPS) is 19.1. The summed E-state index contributed by atoms with van der Waals surface area (Å²) in [7, 11) is 0. The average Bonchev–Trinajstić information content (AvgIpc) is 3.13. The summed E-state index contributed by atoms with van der Waals surface area (Å²) in [5.41, 5.74) is -9.00. The Morgan fingerprint density at radius 1 is 1.16 bits per heavy atom. The molecule has 1 aliphatic heterocycles. The van der Waals surface area contributed by atoms with Gasteiger partial charge in [-0.3, -0.25) is 0 Å². The van der Waals surface area contributed by atoms with Crippen LogP contribution >= 0.6 is 0 Å². The number of hydrogen-bond donors (Lipinski definition) is 1. The molecule has 172 valence electrons. The minimum atomic E-state index is -5.41. The molecule has 1 aromatic carbocycles. The molecule has 0 bridgehead atoms. The van der Waals surface area contributed by atoms with Crippen molar-refractivity contribution >= 4 is 11.7 Å². The van der Waals surface area contributed by atoms with E-state index in [2.05, 4.69) is 15.0 Å². The summed E-state index contributed by atoms with van der Waals surface area (Å²) in [4.78, 5) is 18.9. The summed E-state index contributed by atoms with van der Waals surface area (Å²) >= 11 is 0. The molecule has 1 atom stereocenters. The van der Waals surface area contributed by atoms with Crippen molar-refractivity contribution in [2.24, 2.45) is 5.16 Å². The van der Waals surface area contributed by atoms with Crippen LogP contribution in [0.15, 0.2) is 35.5 Å². The Balaban J connectivity index is 2.16. The van der Waals surface area contributed by atoms with Gasteiger partial charge in [-0.2, -0.15) is 26.3 Å². The van der Waals surface area contributed by atoms with Gasteiger partial charge in [0.2, 0.25) is 0 Å². The quantitative estimate of drug-likeness (QED) is 0.591. The maximum Gasteiger partial charge on any atom is 0.437 e. The van der Waals surface area contributed by atoms with Crippen LogP contribution in [0.25, 0.3) is 0 Å².